The van der Waals surface area contributed by atoms with E-state index in [4.69, 9.17) is 20.9 Å². The molecule has 0 aromatic heterocycles. The van der Waals surface area contributed by atoms with Crippen LogP contribution in [0.5, 0.6) is 0 Å². The normalized spacial score (nSPS) is 17.8. The molecule has 28 nitrogen and oxygen atoms in total. The van der Waals surface area contributed by atoms with E-state index >= 15 is 0 Å². The van der Waals surface area contributed by atoms with Crippen LogP contribution in [-0.4, -0.2) is 157 Å². The Labute approximate surface area is 355 Å². The Morgan fingerprint density at radius 2 is 1.05 bits per heavy atom. The Balaban J connectivity index is 1.76. The van der Waals surface area contributed by atoms with Crippen LogP contribution >= 0.6 is 0 Å². The Hall–Kier alpha value is -6.90. The van der Waals surface area contributed by atoms with E-state index in [0.29, 0.717) is 25.7 Å². The Bertz CT molecular complexity index is 1580. The highest BCUT2D eigenvalue weighted by Gasteiger charge is 2.33. The van der Waals surface area contributed by atoms with Gasteiger partial charge in [-0.2, -0.15) is 0 Å². The first-order valence-corrected chi connectivity index (χ1v) is 19.8. The molecule has 2 unspecified atom stereocenters. The molecule has 0 radical (unpaired) electrons. The van der Waals surface area contributed by atoms with Crippen LogP contribution in [0.25, 0.3) is 0 Å². The average Bonchev–Trinajstić information content (AvgIpc) is 3.20. The van der Waals surface area contributed by atoms with Crippen LogP contribution in [0.4, 0.5) is 0 Å². The summed E-state index contributed by atoms with van der Waals surface area (Å²) < 4.78 is 9.48. The van der Waals surface area contributed by atoms with Crippen LogP contribution in [0.2, 0.25) is 0 Å². The summed E-state index contributed by atoms with van der Waals surface area (Å²) in [6.07, 6.45) is 2.75. The molecular weight excluding hydrogens is 828 g/mol. The third-order valence-electron chi connectivity index (χ3n) is 9.38. The van der Waals surface area contributed by atoms with E-state index in [9.17, 15) is 58.6 Å². The number of unbranched alkanes of at least 4 members (excludes halogenated alkanes) is 1. The molecule has 4 atom stereocenters. The van der Waals surface area contributed by atoms with Gasteiger partial charge in [-0.3, -0.25) is 28.8 Å². The number of likely N-dealkylation sites (tertiary alicyclic amines) is 2. The summed E-state index contributed by atoms with van der Waals surface area (Å²) in [7, 11) is 2.27. The lowest BCUT2D eigenvalue weighted by Gasteiger charge is -2.32. The van der Waals surface area contributed by atoms with Crippen LogP contribution in [0.1, 0.15) is 77.0 Å². The molecule has 2 fully saturated rings. The zero-order valence-corrected chi connectivity index (χ0v) is 34.6. The SMILES string of the molecule is COC(=O)[C@H](CCCN=C(N)N[N+](=O)[O-])NC(=O)CN1CCCC(NC(=O)CCCCC(=O)NC2CCCN(CC(=O)N[C@@H](CCCN=C(N)N[N+](=O)[O-])C(=O)OC)C2=O)C1=O. The molecular formula is C34H56N14O14. The number of ether oxygens (including phenoxy) is 2. The predicted molar refractivity (Wildman–Crippen MR) is 214 cm³/mol. The molecule has 0 saturated carbocycles. The second kappa shape index (κ2) is 27.0. The largest absolute Gasteiger partial charge is 0.467 e. The third kappa shape index (κ3) is 19.4. The number of nitrogens with one attached hydrogen (secondary N) is 6. The lowest BCUT2D eigenvalue weighted by Crippen LogP contribution is -2.55. The van der Waals surface area contributed by atoms with Crippen molar-refractivity contribution >= 4 is 59.3 Å². The number of rotatable bonds is 25. The van der Waals surface area contributed by atoms with Crippen LogP contribution in [0, 0.1) is 20.2 Å². The number of nitro groups is 2. The second-order valence-electron chi connectivity index (χ2n) is 14.1. The van der Waals surface area contributed by atoms with E-state index < -0.39 is 93.5 Å². The van der Waals surface area contributed by atoms with Gasteiger partial charge >= 0.3 is 11.9 Å². The number of esters is 2. The number of hydrogen-bond acceptors (Lipinski definition) is 16. The molecule has 6 amide bonds. The maximum absolute atomic E-state index is 13.1. The van der Waals surface area contributed by atoms with E-state index in [-0.39, 0.29) is 90.6 Å². The smallest absolute Gasteiger partial charge is 0.328 e. The molecule has 62 heavy (non-hydrogen) atoms. The van der Waals surface area contributed by atoms with Crippen molar-refractivity contribution in [1.29, 1.82) is 0 Å². The highest BCUT2D eigenvalue weighted by Crippen LogP contribution is 2.15. The van der Waals surface area contributed by atoms with Crippen molar-refractivity contribution in [2.45, 2.75) is 101 Å². The highest BCUT2D eigenvalue weighted by atomic mass is 16.7. The summed E-state index contributed by atoms with van der Waals surface area (Å²) in [6.45, 7) is -0.279. The fourth-order valence-electron chi connectivity index (χ4n) is 6.42. The summed E-state index contributed by atoms with van der Waals surface area (Å²) in [4.78, 5) is 133. The van der Waals surface area contributed by atoms with Crippen molar-refractivity contribution in [2.75, 3.05) is 53.5 Å². The highest BCUT2D eigenvalue weighted by molar-refractivity contribution is 5.93. The third-order valence-corrected chi connectivity index (χ3v) is 9.38. The maximum Gasteiger partial charge on any atom is 0.328 e. The fraction of sp³-hybridized carbons (Fsp3) is 0.706. The van der Waals surface area contributed by atoms with E-state index in [1.165, 1.54) is 9.80 Å². The van der Waals surface area contributed by atoms with Crippen molar-refractivity contribution in [1.82, 2.24) is 41.9 Å². The lowest BCUT2D eigenvalue weighted by atomic mass is 10.0. The maximum atomic E-state index is 13.1. The van der Waals surface area contributed by atoms with Gasteiger partial charge in [-0.05, 0) is 64.2 Å². The van der Waals surface area contributed by atoms with Crippen molar-refractivity contribution < 1.29 is 57.9 Å². The fourth-order valence-corrected chi connectivity index (χ4v) is 6.42. The summed E-state index contributed by atoms with van der Waals surface area (Å²) >= 11 is 0. The summed E-state index contributed by atoms with van der Waals surface area (Å²) in [5, 5.41) is 29.5. The molecule has 346 valence electrons. The Kier molecular flexibility index (Phi) is 22.4. The number of methoxy groups -OCH3 is 2. The van der Waals surface area contributed by atoms with Crippen LogP contribution in [-0.2, 0) is 47.8 Å². The van der Waals surface area contributed by atoms with Crippen molar-refractivity contribution in [2.24, 2.45) is 21.5 Å². The number of guanidine groups is 2. The van der Waals surface area contributed by atoms with Gasteiger partial charge in [0.1, 0.15) is 24.2 Å². The summed E-state index contributed by atoms with van der Waals surface area (Å²) in [5.41, 5.74) is 14.1. The van der Waals surface area contributed by atoms with E-state index in [1.807, 2.05) is 0 Å². The molecule has 2 heterocycles. The van der Waals surface area contributed by atoms with Gasteiger partial charge in [0.25, 0.3) is 11.9 Å². The lowest BCUT2D eigenvalue weighted by molar-refractivity contribution is -0.525. The summed E-state index contributed by atoms with van der Waals surface area (Å²) in [6, 6.07) is -3.95. The summed E-state index contributed by atoms with van der Waals surface area (Å²) in [5.74, 6) is -5.49. The zero-order chi connectivity index (χ0) is 46.2. The van der Waals surface area contributed by atoms with Gasteiger partial charge in [0, 0.05) is 39.0 Å². The number of nitrogens with zero attached hydrogens (tertiary/aromatic N) is 6. The number of nitrogens with two attached hydrogens (primary N) is 2. The zero-order valence-electron chi connectivity index (χ0n) is 34.6. The predicted octanol–water partition coefficient (Wildman–Crippen LogP) is -4.17. The van der Waals surface area contributed by atoms with Gasteiger partial charge in [0.05, 0.1) is 27.3 Å². The molecule has 0 aromatic rings. The Morgan fingerprint density at radius 3 is 1.39 bits per heavy atom. The Morgan fingerprint density at radius 1 is 0.677 bits per heavy atom. The number of carbonyl (C=O) groups is 8. The van der Waals surface area contributed by atoms with Gasteiger partial charge in [-0.25, -0.2) is 39.8 Å². The van der Waals surface area contributed by atoms with Crippen molar-refractivity contribution in [3.63, 3.8) is 0 Å². The molecule has 0 aliphatic carbocycles. The van der Waals surface area contributed by atoms with Crippen molar-refractivity contribution in [3.8, 4) is 0 Å². The topological polar surface area (TPSA) is 397 Å². The molecule has 0 bridgehead atoms. The van der Waals surface area contributed by atoms with Crippen LogP contribution < -0.4 is 43.6 Å². The van der Waals surface area contributed by atoms with Gasteiger partial charge in [0.2, 0.25) is 35.4 Å². The molecule has 10 N–H and O–H groups in total. The number of hydrogen-bond donors (Lipinski definition) is 8. The number of aliphatic imine (C=N–C) groups is 2. The van der Waals surface area contributed by atoms with Crippen LogP contribution in [0.3, 0.4) is 0 Å². The van der Waals surface area contributed by atoms with Gasteiger partial charge in [0.15, 0.2) is 10.1 Å². The minimum Gasteiger partial charge on any atom is -0.467 e. The molecule has 28 heteroatoms. The molecule has 2 rings (SSSR count). The first-order chi connectivity index (χ1) is 29.4. The van der Waals surface area contributed by atoms with Gasteiger partial charge < -0.3 is 52.0 Å². The second-order valence-corrected chi connectivity index (χ2v) is 14.1. The minimum atomic E-state index is -1.09. The minimum absolute atomic E-state index is 0.00592. The molecule has 2 aliphatic rings. The number of piperidine rings is 2. The average molecular weight is 885 g/mol. The molecule has 2 saturated heterocycles. The molecule has 0 spiro atoms. The first kappa shape index (κ1) is 51.2. The van der Waals surface area contributed by atoms with Gasteiger partial charge in [-0.1, -0.05) is 10.9 Å². The van der Waals surface area contributed by atoms with Crippen molar-refractivity contribution in [3.05, 3.63) is 20.2 Å². The standard InChI is InChI=1S/C34H56N14O14/c1-61-31(55)23(9-5-15-37-33(35)43-47(57)58)41-27(51)19-45-17-7-11-21(29(45)53)39-25(49)13-3-4-14-26(50)40-22-12-8-18-46(30(22)54)20-28(52)42-24(32(56)62-2)10-6-16-38-34(36)44-48(59)60/h21-24H,3-20H2,1-2H3,(H,39,49)(H,40,50)(H,41,51)(H,42,52)(H3,35,37,43)(H3,36,38,44)/t21?,22?,23-,24-/m0/s1. The molecule has 0 aromatic carbocycles. The monoisotopic (exact) mass is 884 g/mol. The van der Waals surface area contributed by atoms with Crippen LogP contribution in [0.15, 0.2) is 9.98 Å². The van der Waals surface area contributed by atoms with E-state index in [1.54, 1.807) is 10.9 Å². The molecule has 2 aliphatic heterocycles. The first-order valence-electron chi connectivity index (χ1n) is 19.8. The van der Waals surface area contributed by atoms with E-state index in [0.717, 1.165) is 14.2 Å². The quantitative estimate of drug-likeness (QED) is 0.0108. The van der Waals surface area contributed by atoms with E-state index in [2.05, 4.69) is 31.3 Å². The number of carbonyl (C=O) groups excluding carboxylic acids is 8. The number of hydrazine groups is 2. The van der Waals surface area contributed by atoms with Gasteiger partial charge in [-0.15, -0.1) is 0 Å². The number of amides is 6.